The van der Waals surface area contributed by atoms with Crippen LogP contribution in [-0.4, -0.2) is 46.2 Å². The molecular formula is C15H28N4. The Labute approximate surface area is 117 Å². The maximum Gasteiger partial charge on any atom is 0.105 e. The highest BCUT2D eigenvalue weighted by atomic mass is 15.2. The van der Waals surface area contributed by atoms with E-state index in [-0.39, 0.29) is 0 Å². The molecule has 1 saturated heterocycles. The van der Waals surface area contributed by atoms with E-state index in [2.05, 4.69) is 53.7 Å². The van der Waals surface area contributed by atoms with E-state index in [1.54, 1.807) is 0 Å². The molecule has 2 rings (SSSR count). The van der Waals surface area contributed by atoms with Crippen LogP contribution >= 0.6 is 0 Å². The second-order valence-electron chi connectivity index (χ2n) is 5.98. The molecule has 0 saturated carbocycles. The molecule has 0 aromatic carbocycles. The molecule has 1 aliphatic rings. The number of rotatable bonds is 5. The topological polar surface area (TPSA) is 33.1 Å². The lowest BCUT2D eigenvalue weighted by molar-refractivity contribution is 0.106. The Morgan fingerprint density at radius 2 is 2.21 bits per heavy atom. The van der Waals surface area contributed by atoms with Gasteiger partial charge in [0.05, 0.1) is 0 Å². The van der Waals surface area contributed by atoms with Crippen molar-refractivity contribution in [1.29, 1.82) is 0 Å². The Morgan fingerprint density at radius 1 is 1.42 bits per heavy atom. The van der Waals surface area contributed by atoms with Crippen LogP contribution in [0.3, 0.4) is 0 Å². The number of nitrogens with one attached hydrogen (secondary N) is 1. The van der Waals surface area contributed by atoms with Crippen molar-refractivity contribution in [3.05, 3.63) is 18.2 Å². The van der Waals surface area contributed by atoms with Gasteiger partial charge in [0, 0.05) is 50.7 Å². The number of hydrogen-bond donors (Lipinski definition) is 1. The first-order valence-electron chi connectivity index (χ1n) is 7.57. The number of imidazole rings is 1. The summed E-state index contributed by atoms with van der Waals surface area (Å²) in [5.41, 5.74) is 0. The molecule has 2 atom stereocenters. The van der Waals surface area contributed by atoms with Gasteiger partial charge in [-0.05, 0) is 19.3 Å². The van der Waals surface area contributed by atoms with Crippen molar-refractivity contribution >= 4 is 0 Å². The van der Waals surface area contributed by atoms with E-state index in [0.717, 1.165) is 25.5 Å². The molecule has 4 nitrogen and oxygen atoms in total. The summed E-state index contributed by atoms with van der Waals surface area (Å²) in [6.07, 6.45) is 5.19. The number of nitrogens with zero attached hydrogens (tertiary/aromatic N) is 3. The lowest BCUT2D eigenvalue weighted by Crippen LogP contribution is -2.58. The molecule has 1 aliphatic heterocycles. The molecule has 1 aromatic rings. The van der Waals surface area contributed by atoms with Crippen LogP contribution in [0, 0.1) is 12.8 Å². The molecule has 19 heavy (non-hydrogen) atoms. The van der Waals surface area contributed by atoms with Crippen molar-refractivity contribution in [2.75, 3.05) is 19.6 Å². The largest absolute Gasteiger partial charge is 0.334 e. The van der Waals surface area contributed by atoms with Gasteiger partial charge in [-0.15, -0.1) is 0 Å². The molecule has 0 aliphatic carbocycles. The highest BCUT2D eigenvalue weighted by Gasteiger charge is 2.27. The summed E-state index contributed by atoms with van der Waals surface area (Å²) in [7, 11) is 0. The van der Waals surface area contributed by atoms with E-state index in [1.807, 2.05) is 6.20 Å². The van der Waals surface area contributed by atoms with Crippen LogP contribution in [0.15, 0.2) is 12.4 Å². The Bertz CT molecular complexity index is 385. The van der Waals surface area contributed by atoms with Gasteiger partial charge in [-0.1, -0.05) is 20.8 Å². The summed E-state index contributed by atoms with van der Waals surface area (Å²) in [4.78, 5) is 6.95. The summed E-state index contributed by atoms with van der Waals surface area (Å²) < 4.78 is 2.25. The van der Waals surface area contributed by atoms with Gasteiger partial charge in [-0.3, -0.25) is 4.90 Å². The smallest absolute Gasteiger partial charge is 0.105 e. The minimum atomic E-state index is 0.631. The molecule has 0 bridgehead atoms. The van der Waals surface area contributed by atoms with Gasteiger partial charge in [-0.25, -0.2) is 4.98 Å². The number of aromatic nitrogens is 2. The third-order valence-corrected chi connectivity index (χ3v) is 4.39. The number of hydrogen-bond acceptors (Lipinski definition) is 3. The third-order valence-electron chi connectivity index (χ3n) is 4.39. The van der Waals surface area contributed by atoms with Crippen molar-refractivity contribution in [1.82, 2.24) is 19.8 Å². The average Bonchev–Trinajstić information content (AvgIpc) is 2.81. The monoisotopic (exact) mass is 264 g/mol. The molecule has 4 heteroatoms. The SMILES string of the molecule is CCC1CNC(C(C)C)CN1CCn1ccnc1C. The Hall–Kier alpha value is -0.870. The van der Waals surface area contributed by atoms with Crippen molar-refractivity contribution < 1.29 is 0 Å². The lowest BCUT2D eigenvalue weighted by Gasteiger charge is -2.41. The van der Waals surface area contributed by atoms with Gasteiger partial charge in [-0.2, -0.15) is 0 Å². The summed E-state index contributed by atoms with van der Waals surface area (Å²) in [5, 5.41) is 3.69. The van der Waals surface area contributed by atoms with Crippen LogP contribution in [0.2, 0.25) is 0 Å². The zero-order valence-electron chi connectivity index (χ0n) is 12.8. The lowest BCUT2D eigenvalue weighted by atomic mass is 9.98. The summed E-state index contributed by atoms with van der Waals surface area (Å²) >= 11 is 0. The van der Waals surface area contributed by atoms with Crippen LogP contribution in [0.5, 0.6) is 0 Å². The molecule has 1 fully saturated rings. The quantitative estimate of drug-likeness (QED) is 0.882. The van der Waals surface area contributed by atoms with Crippen LogP contribution in [0.4, 0.5) is 0 Å². The first-order chi connectivity index (χ1) is 9.11. The Kier molecular flexibility index (Phi) is 4.99. The second-order valence-corrected chi connectivity index (χ2v) is 5.98. The minimum absolute atomic E-state index is 0.631. The highest BCUT2D eigenvalue weighted by Crippen LogP contribution is 2.15. The fourth-order valence-corrected chi connectivity index (χ4v) is 2.88. The van der Waals surface area contributed by atoms with Gasteiger partial charge in [0.1, 0.15) is 5.82 Å². The van der Waals surface area contributed by atoms with Gasteiger partial charge in [0.2, 0.25) is 0 Å². The minimum Gasteiger partial charge on any atom is -0.334 e. The molecule has 2 unspecified atom stereocenters. The molecule has 2 heterocycles. The first kappa shape index (κ1) is 14.5. The van der Waals surface area contributed by atoms with E-state index < -0.39 is 0 Å². The van der Waals surface area contributed by atoms with Gasteiger partial charge in [0.25, 0.3) is 0 Å². The Morgan fingerprint density at radius 3 is 2.79 bits per heavy atom. The predicted molar refractivity (Wildman–Crippen MR) is 79.2 cm³/mol. The van der Waals surface area contributed by atoms with Crippen LogP contribution in [0.1, 0.15) is 33.0 Å². The number of piperazine rings is 1. The van der Waals surface area contributed by atoms with Gasteiger partial charge in [0.15, 0.2) is 0 Å². The van der Waals surface area contributed by atoms with E-state index in [0.29, 0.717) is 18.0 Å². The zero-order chi connectivity index (χ0) is 13.8. The molecular weight excluding hydrogens is 236 g/mol. The standard InChI is InChI=1S/C15H28N4/c1-5-14-10-17-15(12(2)3)11-19(14)9-8-18-7-6-16-13(18)4/h6-7,12,14-15,17H,5,8-11H2,1-4H3. The van der Waals surface area contributed by atoms with Crippen molar-refractivity contribution in [2.24, 2.45) is 5.92 Å². The van der Waals surface area contributed by atoms with Crippen molar-refractivity contribution in [3.8, 4) is 0 Å². The van der Waals surface area contributed by atoms with E-state index >= 15 is 0 Å². The predicted octanol–water partition coefficient (Wildman–Crippen LogP) is 1.90. The van der Waals surface area contributed by atoms with Gasteiger partial charge < -0.3 is 9.88 Å². The fraction of sp³-hybridized carbons (Fsp3) is 0.800. The second kappa shape index (κ2) is 6.53. The molecule has 108 valence electrons. The molecule has 1 aromatic heterocycles. The molecule has 0 radical (unpaired) electrons. The van der Waals surface area contributed by atoms with Crippen LogP contribution < -0.4 is 5.32 Å². The fourth-order valence-electron chi connectivity index (χ4n) is 2.88. The summed E-state index contributed by atoms with van der Waals surface area (Å²) in [5.74, 6) is 1.82. The molecule has 0 amide bonds. The van der Waals surface area contributed by atoms with E-state index in [9.17, 15) is 0 Å². The molecule has 1 N–H and O–H groups in total. The van der Waals surface area contributed by atoms with Crippen LogP contribution in [-0.2, 0) is 6.54 Å². The normalized spacial score (nSPS) is 25.1. The summed E-state index contributed by atoms with van der Waals surface area (Å²) in [6.45, 7) is 13.5. The maximum atomic E-state index is 4.29. The first-order valence-corrected chi connectivity index (χ1v) is 7.57. The van der Waals surface area contributed by atoms with E-state index in [1.165, 1.54) is 13.0 Å². The van der Waals surface area contributed by atoms with E-state index in [4.69, 9.17) is 0 Å². The Balaban J connectivity index is 1.93. The third kappa shape index (κ3) is 3.57. The zero-order valence-corrected chi connectivity index (χ0v) is 12.8. The van der Waals surface area contributed by atoms with Crippen molar-refractivity contribution in [2.45, 2.75) is 52.7 Å². The summed E-state index contributed by atoms with van der Waals surface area (Å²) in [6, 6.07) is 1.31. The van der Waals surface area contributed by atoms with Crippen molar-refractivity contribution in [3.63, 3.8) is 0 Å². The molecule has 0 spiro atoms. The van der Waals surface area contributed by atoms with Crippen LogP contribution in [0.25, 0.3) is 0 Å². The van der Waals surface area contributed by atoms with Gasteiger partial charge >= 0.3 is 0 Å². The number of aryl methyl sites for hydroxylation is 1. The maximum absolute atomic E-state index is 4.29. The average molecular weight is 264 g/mol. The highest BCUT2D eigenvalue weighted by molar-refractivity contribution is 4.90.